The van der Waals surface area contributed by atoms with E-state index in [1.807, 2.05) is 31.2 Å². The number of aryl methyl sites for hydroxylation is 1. The van der Waals surface area contributed by atoms with Crippen molar-refractivity contribution < 1.29 is 9.21 Å². The quantitative estimate of drug-likeness (QED) is 0.842. The smallest absolute Gasteiger partial charge is 0.199 e. The van der Waals surface area contributed by atoms with Crippen LogP contribution in [0, 0.1) is 6.92 Å². The van der Waals surface area contributed by atoms with Crippen molar-refractivity contribution in [3.05, 3.63) is 35.6 Å². The average molecular weight is 243 g/mol. The minimum Gasteiger partial charge on any atom is -0.453 e. The van der Waals surface area contributed by atoms with Crippen LogP contribution in [0.3, 0.4) is 0 Å². The highest BCUT2D eigenvalue weighted by atomic mass is 16.3. The molecule has 0 aliphatic carbocycles. The van der Waals surface area contributed by atoms with Crippen molar-refractivity contribution in [1.29, 1.82) is 0 Å². The molecule has 1 fully saturated rings. The summed E-state index contributed by atoms with van der Waals surface area (Å²) in [4.78, 5) is 12.1. The van der Waals surface area contributed by atoms with Gasteiger partial charge in [-0.25, -0.2) is 0 Å². The van der Waals surface area contributed by atoms with E-state index in [2.05, 4.69) is 5.32 Å². The Bertz CT molecular complexity index is 579. The summed E-state index contributed by atoms with van der Waals surface area (Å²) in [5.74, 6) is 0.590. The van der Waals surface area contributed by atoms with E-state index in [9.17, 15) is 4.79 Å². The van der Waals surface area contributed by atoms with Gasteiger partial charge in [-0.3, -0.25) is 4.79 Å². The first-order valence-electron chi connectivity index (χ1n) is 6.49. The number of Topliss-reactive ketones (excluding diaryl/α,β-unsaturated/α-hetero) is 1. The van der Waals surface area contributed by atoms with Gasteiger partial charge in [0.1, 0.15) is 5.58 Å². The van der Waals surface area contributed by atoms with Crippen molar-refractivity contribution >= 4 is 16.8 Å². The van der Waals surface area contributed by atoms with E-state index < -0.39 is 0 Å². The first-order chi connectivity index (χ1) is 8.72. The van der Waals surface area contributed by atoms with Crippen molar-refractivity contribution in [3.63, 3.8) is 0 Å². The number of hydrogen-bond donors (Lipinski definition) is 1. The van der Waals surface area contributed by atoms with Crippen LogP contribution in [-0.4, -0.2) is 18.4 Å². The molecule has 0 saturated carbocycles. The summed E-state index contributed by atoms with van der Waals surface area (Å²) < 4.78 is 5.62. The van der Waals surface area contributed by atoms with Crippen LogP contribution in [0.1, 0.15) is 35.4 Å². The Morgan fingerprint density at radius 3 is 3.11 bits per heavy atom. The molecule has 1 aliphatic rings. The van der Waals surface area contributed by atoms with E-state index in [4.69, 9.17) is 4.42 Å². The summed E-state index contributed by atoms with van der Waals surface area (Å²) in [7, 11) is 0. The second kappa shape index (κ2) is 4.58. The average Bonchev–Trinajstić information content (AvgIpc) is 2.96. The van der Waals surface area contributed by atoms with Crippen LogP contribution < -0.4 is 5.32 Å². The van der Waals surface area contributed by atoms with Crippen molar-refractivity contribution in [3.8, 4) is 0 Å². The Balaban J connectivity index is 1.82. The molecule has 2 heterocycles. The number of nitrogens with one attached hydrogen (secondary N) is 1. The van der Waals surface area contributed by atoms with Gasteiger partial charge in [0.25, 0.3) is 0 Å². The lowest BCUT2D eigenvalue weighted by molar-refractivity contribution is 0.0947. The zero-order chi connectivity index (χ0) is 12.5. The highest BCUT2D eigenvalue weighted by Gasteiger charge is 2.20. The number of fused-ring (bicyclic) bond motifs is 1. The molecule has 0 bridgehead atoms. The van der Waals surface area contributed by atoms with E-state index in [1.165, 1.54) is 5.56 Å². The maximum absolute atomic E-state index is 12.1. The van der Waals surface area contributed by atoms with Gasteiger partial charge in [0.15, 0.2) is 11.5 Å². The lowest BCUT2D eigenvalue weighted by Gasteiger charge is -2.06. The van der Waals surface area contributed by atoms with Crippen molar-refractivity contribution in [1.82, 2.24) is 5.32 Å². The molecular weight excluding hydrogens is 226 g/mol. The van der Waals surface area contributed by atoms with E-state index in [0.717, 1.165) is 30.4 Å². The molecule has 1 N–H and O–H groups in total. The lowest BCUT2D eigenvalue weighted by Crippen LogP contribution is -2.24. The Morgan fingerprint density at radius 2 is 2.33 bits per heavy atom. The van der Waals surface area contributed by atoms with E-state index >= 15 is 0 Å². The second-order valence-electron chi connectivity index (χ2n) is 5.07. The number of ketones is 1. The molecule has 1 unspecified atom stereocenters. The Morgan fingerprint density at radius 1 is 1.44 bits per heavy atom. The van der Waals surface area contributed by atoms with Gasteiger partial charge in [-0.2, -0.15) is 0 Å². The molecule has 3 nitrogen and oxygen atoms in total. The molecule has 1 atom stereocenters. The van der Waals surface area contributed by atoms with Gasteiger partial charge < -0.3 is 9.73 Å². The molecule has 18 heavy (non-hydrogen) atoms. The highest BCUT2D eigenvalue weighted by Crippen LogP contribution is 2.22. The summed E-state index contributed by atoms with van der Waals surface area (Å²) in [5, 5.41) is 4.35. The molecule has 3 rings (SSSR count). The van der Waals surface area contributed by atoms with Crippen molar-refractivity contribution in [2.45, 2.75) is 32.2 Å². The summed E-state index contributed by atoms with van der Waals surface area (Å²) in [6, 6.07) is 8.16. The third-order valence-corrected chi connectivity index (χ3v) is 3.54. The van der Waals surface area contributed by atoms with Gasteiger partial charge in [0, 0.05) is 17.8 Å². The van der Waals surface area contributed by atoms with Crippen molar-refractivity contribution in [2.75, 3.05) is 6.54 Å². The summed E-state index contributed by atoms with van der Waals surface area (Å²) in [5.41, 5.74) is 1.98. The monoisotopic (exact) mass is 243 g/mol. The predicted molar refractivity (Wildman–Crippen MR) is 70.9 cm³/mol. The predicted octanol–water partition coefficient (Wildman–Crippen LogP) is 3.07. The molecule has 3 heteroatoms. The zero-order valence-electron chi connectivity index (χ0n) is 10.5. The Labute approximate surface area is 106 Å². The number of hydrogen-bond acceptors (Lipinski definition) is 3. The maximum Gasteiger partial charge on any atom is 0.199 e. The van der Waals surface area contributed by atoms with E-state index in [1.54, 1.807) is 0 Å². The Hall–Kier alpha value is -1.61. The molecule has 1 saturated heterocycles. The molecule has 1 aromatic heterocycles. The summed E-state index contributed by atoms with van der Waals surface area (Å²) in [6.07, 6.45) is 2.79. The second-order valence-corrected chi connectivity index (χ2v) is 5.07. The molecular formula is C15H17NO2. The molecule has 1 aliphatic heterocycles. The molecule has 2 aromatic rings. The number of carbonyl (C=O) groups is 1. The van der Waals surface area contributed by atoms with Gasteiger partial charge in [0.05, 0.1) is 0 Å². The molecule has 0 radical (unpaired) electrons. The summed E-state index contributed by atoms with van der Waals surface area (Å²) >= 11 is 0. The first-order valence-corrected chi connectivity index (χ1v) is 6.49. The SMILES string of the molecule is Cc1ccc2oc(C(=O)CC3CCCN3)cc2c1. The van der Waals surface area contributed by atoms with Crippen LogP contribution in [0.4, 0.5) is 0 Å². The van der Waals surface area contributed by atoms with Crippen LogP contribution in [0.2, 0.25) is 0 Å². The molecule has 0 amide bonds. The van der Waals surface area contributed by atoms with Crippen LogP contribution in [-0.2, 0) is 0 Å². The summed E-state index contributed by atoms with van der Waals surface area (Å²) in [6.45, 7) is 3.06. The van der Waals surface area contributed by atoms with Crippen molar-refractivity contribution in [2.24, 2.45) is 0 Å². The van der Waals surface area contributed by atoms with Crippen LogP contribution in [0.15, 0.2) is 28.7 Å². The van der Waals surface area contributed by atoms with Crippen LogP contribution in [0.5, 0.6) is 0 Å². The third kappa shape index (κ3) is 2.18. The largest absolute Gasteiger partial charge is 0.453 e. The van der Waals surface area contributed by atoms with Gasteiger partial charge in [0.2, 0.25) is 0 Å². The van der Waals surface area contributed by atoms with E-state index in [0.29, 0.717) is 18.2 Å². The molecule has 0 spiro atoms. The van der Waals surface area contributed by atoms with Gasteiger partial charge >= 0.3 is 0 Å². The fourth-order valence-electron chi connectivity index (χ4n) is 2.56. The standard InChI is InChI=1S/C15H17NO2/c1-10-4-5-14-11(7-10)8-15(18-14)13(17)9-12-3-2-6-16-12/h4-5,7-8,12,16H,2-3,6,9H2,1H3. The van der Waals surface area contributed by atoms with Gasteiger partial charge in [-0.1, -0.05) is 11.6 Å². The zero-order valence-corrected chi connectivity index (χ0v) is 10.5. The number of carbonyl (C=O) groups excluding carboxylic acids is 1. The topological polar surface area (TPSA) is 42.2 Å². The van der Waals surface area contributed by atoms with Gasteiger partial charge in [-0.05, 0) is 44.5 Å². The number of benzene rings is 1. The van der Waals surface area contributed by atoms with E-state index in [-0.39, 0.29) is 5.78 Å². The fourth-order valence-corrected chi connectivity index (χ4v) is 2.56. The lowest BCUT2D eigenvalue weighted by atomic mass is 10.1. The normalized spacial score (nSPS) is 19.5. The highest BCUT2D eigenvalue weighted by molar-refractivity contribution is 5.98. The third-order valence-electron chi connectivity index (χ3n) is 3.54. The number of rotatable bonds is 3. The first kappa shape index (κ1) is 11.5. The Kier molecular flexibility index (Phi) is 2.92. The van der Waals surface area contributed by atoms with Crippen LogP contribution in [0.25, 0.3) is 11.0 Å². The minimum absolute atomic E-state index is 0.100. The number of furan rings is 1. The molecule has 1 aromatic carbocycles. The van der Waals surface area contributed by atoms with Crippen LogP contribution >= 0.6 is 0 Å². The minimum atomic E-state index is 0.100. The molecule has 94 valence electrons. The van der Waals surface area contributed by atoms with Gasteiger partial charge in [-0.15, -0.1) is 0 Å². The maximum atomic E-state index is 12.1. The fraction of sp³-hybridized carbons (Fsp3) is 0.400.